The molecule has 1 fully saturated rings. The van der Waals surface area contributed by atoms with Gasteiger partial charge >= 0.3 is 0 Å². The van der Waals surface area contributed by atoms with Crippen LogP contribution in [0.4, 0.5) is 0 Å². The van der Waals surface area contributed by atoms with Crippen LogP contribution in [0.3, 0.4) is 0 Å². The Bertz CT molecular complexity index is 663. The van der Waals surface area contributed by atoms with Gasteiger partial charge < -0.3 is 20.1 Å². The molecule has 2 aromatic rings. The smallest absolute Gasteiger partial charge is 0.267 e. The summed E-state index contributed by atoms with van der Waals surface area (Å²) in [7, 11) is 0. The van der Waals surface area contributed by atoms with Crippen molar-refractivity contribution in [2.24, 2.45) is 5.92 Å². The molecule has 3 rings (SSSR count). The molecule has 7 heteroatoms. The van der Waals surface area contributed by atoms with E-state index in [1.807, 2.05) is 12.3 Å². The van der Waals surface area contributed by atoms with Crippen molar-refractivity contribution >= 4 is 17.2 Å². The SMILES string of the molecule is Cc1nc(-c2c[nH]c(C(=O)NCC(O)COCC3CC3)c2)cs1. The number of amides is 1. The number of H-pyrrole nitrogens is 1. The van der Waals surface area contributed by atoms with Crippen molar-refractivity contribution in [3.05, 3.63) is 28.3 Å². The second kappa shape index (κ2) is 7.25. The second-order valence-corrected chi connectivity index (χ2v) is 6.96. The first-order chi connectivity index (χ1) is 11.1. The van der Waals surface area contributed by atoms with Crippen LogP contribution < -0.4 is 5.32 Å². The van der Waals surface area contributed by atoms with E-state index in [4.69, 9.17) is 4.74 Å². The van der Waals surface area contributed by atoms with Gasteiger partial charge in [0.1, 0.15) is 5.69 Å². The maximum atomic E-state index is 12.1. The zero-order chi connectivity index (χ0) is 16.2. The molecule has 1 atom stereocenters. The third-order valence-electron chi connectivity index (χ3n) is 3.70. The number of aliphatic hydroxyl groups excluding tert-OH is 1. The largest absolute Gasteiger partial charge is 0.389 e. The Morgan fingerprint density at radius 1 is 1.61 bits per heavy atom. The first-order valence-electron chi connectivity index (χ1n) is 7.76. The average molecular weight is 335 g/mol. The first-order valence-corrected chi connectivity index (χ1v) is 8.64. The lowest BCUT2D eigenvalue weighted by molar-refractivity contribution is 0.0320. The second-order valence-electron chi connectivity index (χ2n) is 5.90. The van der Waals surface area contributed by atoms with Gasteiger partial charge in [-0.05, 0) is 31.7 Å². The van der Waals surface area contributed by atoms with E-state index in [1.54, 1.807) is 23.6 Å². The lowest BCUT2D eigenvalue weighted by Gasteiger charge is -2.11. The summed E-state index contributed by atoms with van der Waals surface area (Å²) in [5.74, 6) is 0.424. The van der Waals surface area contributed by atoms with Gasteiger partial charge in [0.15, 0.2) is 0 Å². The van der Waals surface area contributed by atoms with Crippen LogP contribution in [0.15, 0.2) is 17.6 Å². The quantitative estimate of drug-likeness (QED) is 0.688. The molecule has 1 amide bonds. The molecule has 1 saturated carbocycles. The van der Waals surface area contributed by atoms with Crippen molar-refractivity contribution in [2.75, 3.05) is 19.8 Å². The number of carbonyl (C=O) groups is 1. The Hall–Kier alpha value is -1.70. The summed E-state index contributed by atoms with van der Waals surface area (Å²) in [4.78, 5) is 19.4. The van der Waals surface area contributed by atoms with Crippen molar-refractivity contribution in [3.8, 4) is 11.3 Å². The number of carbonyl (C=O) groups excluding carboxylic acids is 1. The Balaban J connectivity index is 1.45. The number of thiazole rings is 1. The molecule has 3 N–H and O–H groups in total. The minimum Gasteiger partial charge on any atom is -0.389 e. The van der Waals surface area contributed by atoms with Gasteiger partial charge in [0, 0.05) is 30.3 Å². The van der Waals surface area contributed by atoms with Gasteiger partial charge in [-0.25, -0.2) is 4.98 Å². The van der Waals surface area contributed by atoms with Crippen LogP contribution in [0.25, 0.3) is 11.3 Å². The van der Waals surface area contributed by atoms with Gasteiger partial charge in [0.2, 0.25) is 0 Å². The molecular weight excluding hydrogens is 314 g/mol. The van der Waals surface area contributed by atoms with Gasteiger partial charge in [-0.2, -0.15) is 0 Å². The predicted molar refractivity (Wildman–Crippen MR) is 88.5 cm³/mol. The molecule has 6 nitrogen and oxygen atoms in total. The highest BCUT2D eigenvalue weighted by atomic mass is 32.1. The molecule has 0 aliphatic heterocycles. The van der Waals surface area contributed by atoms with E-state index in [1.165, 1.54) is 12.8 Å². The van der Waals surface area contributed by atoms with Crippen molar-refractivity contribution < 1.29 is 14.6 Å². The molecule has 0 bridgehead atoms. The lowest BCUT2D eigenvalue weighted by atomic mass is 10.2. The Morgan fingerprint density at radius 2 is 2.43 bits per heavy atom. The van der Waals surface area contributed by atoms with Crippen LogP contribution in [-0.4, -0.2) is 46.8 Å². The van der Waals surface area contributed by atoms with Gasteiger partial charge in [0.25, 0.3) is 5.91 Å². The monoisotopic (exact) mass is 335 g/mol. The number of nitrogens with zero attached hydrogens (tertiary/aromatic N) is 1. The minimum absolute atomic E-state index is 0.174. The van der Waals surface area contributed by atoms with E-state index >= 15 is 0 Å². The molecule has 124 valence electrons. The molecule has 2 aromatic heterocycles. The average Bonchev–Trinajstić information content (AvgIpc) is 3.04. The summed E-state index contributed by atoms with van der Waals surface area (Å²) in [5, 5.41) is 15.5. The summed E-state index contributed by atoms with van der Waals surface area (Å²) in [6.07, 6.45) is 3.52. The molecule has 1 unspecified atom stereocenters. The normalized spacial score (nSPS) is 15.6. The standard InChI is InChI=1S/C16H21N3O3S/c1-10-19-15(9-23-10)12-4-14(17-5-12)16(21)18-6-13(20)8-22-7-11-2-3-11/h4-5,9,11,13,17,20H,2-3,6-8H2,1H3,(H,18,21). The third kappa shape index (κ3) is 4.63. The summed E-state index contributed by atoms with van der Waals surface area (Å²) in [5.41, 5.74) is 2.20. The van der Waals surface area contributed by atoms with Crippen molar-refractivity contribution in [1.82, 2.24) is 15.3 Å². The van der Waals surface area contributed by atoms with Gasteiger partial charge in [-0.1, -0.05) is 0 Å². The van der Waals surface area contributed by atoms with Gasteiger partial charge in [-0.3, -0.25) is 4.79 Å². The summed E-state index contributed by atoms with van der Waals surface area (Å²) in [6, 6.07) is 1.76. The van der Waals surface area contributed by atoms with Crippen molar-refractivity contribution in [2.45, 2.75) is 25.9 Å². The molecule has 0 saturated heterocycles. The maximum Gasteiger partial charge on any atom is 0.267 e. The van der Waals surface area contributed by atoms with Crippen molar-refractivity contribution in [1.29, 1.82) is 0 Å². The van der Waals surface area contributed by atoms with E-state index in [2.05, 4.69) is 15.3 Å². The maximum absolute atomic E-state index is 12.1. The van der Waals surface area contributed by atoms with E-state index in [0.29, 0.717) is 18.2 Å². The van der Waals surface area contributed by atoms with Gasteiger partial charge in [0.05, 0.1) is 23.4 Å². The van der Waals surface area contributed by atoms with Crippen LogP contribution in [-0.2, 0) is 4.74 Å². The molecule has 0 radical (unpaired) electrons. The molecule has 1 aliphatic rings. The van der Waals surface area contributed by atoms with E-state index in [-0.39, 0.29) is 19.1 Å². The van der Waals surface area contributed by atoms with Crippen molar-refractivity contribution in [3.63, 3.8) is 0 Å². The summed E-state index contributed by atoms with van der Waals surface area (Å²) in [6.45, 7) is 3.08. The number of rotatable bonds is 8. The molecule has 2 heterocycles. The van der Waals surface area contributed by atoms with E-state index < -0.39 is 6.10 Å². The Labute approximate surface area is 138 Å². The van der Waals surface area contributed by atoms with Gasteiger partial charge in [-0.15, -0.1) is 11.3 Å². The highest BCUT2D eigenvalue weighted by Gasteiger charge is 2.21. The van der Waals surface area contributed by atoms with E-state index in [9.17, 15) is 9.90 Å². The van der Waals surface area contributed by atoms with Crippen LogP contribution >= 0.6 is 11.3 Å². The fourth-order valence-electron chi connectivity index (χ4n) is 2.19. The van der Waals surface area contributed by atoms with Crippen LogP contribution in [0, 0.1) is 12.8 Å². The number of aromatic amines is 1. The number of hydrogen-bond donors (Lipinski definition) is 3. The third-order valence-corrected chi connectivity index (χ3v) is 4.47. The topological polar surface area (TPSA) is 87.2 Å². The van der Waals surface area contributed by atoms with E-state index in [0.717, 1.165) is 16.3 Å². The zero-order valence-corrected chi connectivity index (χ0v) is 13.9. The Kier molecular flexibility index (Phi) is 5.09. The predicted octanol–water partition coefficient (Wildman–Crippen LogP) is 1.96. The highest BCUT2D eigenvalue weighted by molar-refractivity contribution is 7.09. The first kappa shape index (κ1) is 16.2. The number of nitrogens with one attached hydrogen (secondary N) is 2. The molecule has 0 spiro atoms. The van der Waals surface area contributed by atoms with Crippen LogP contribution in [0.2, 0.25) is 0 Å². The number of aryl methyl sites for hydroxylation is 1. The fraction of sp³-hybridized carbons (Fsp3) is 0.500. The highest BCUT2D eigenvalue weighted by Crippen LogP contribution is 2.28. The number of aromatic nitrogens is 2. The summed E-state index contributed by atoms with van der Waals surface area (Å²) >= 11 is 1.57. The Morgan fingerprint density at radius 3 is 3.13 bits per heavy atom. The molecule has 0 aromatic carbocycles. The van der Waals surface area contributed by atoms with Crippen LogP contribution in [0.5, 0.6) is 0 Å². The molecule has 1 aliphatic carbocycles. The fourth-order valence-corrected chi connectivity index (χ4v) is 2.81. The molecule has 23 heavy (non-hydrogen) atoms. The number of hydrogen-bond acceptors (Lipinski definition) is 5. The zero-order valence-electron chi connectivity index (χ0n) is 13.0. The summed E-state index contributed by atoms with van der Waals surface area (Å²) < 4.78 is 5.41. The number of ether oxygens (including phenoxy) is 1. The van der Waals surface area contributed by atoms with Crippen LogP contribution in [0.1, 0.15) is 28.3 Å². The number of aliphatic hydroxyl groups is 1. The minimum atomic E-state index is -0.687. The molecular formula is C16H21N3O3S. The lowest BCUT2D eigenvalue weighted by Crippen LogP contribution is -2.34.